The second-order valence-electron chi connectivity index (χ2n) is 6.35. The fourth-order valence-electron chi connectivity index (χ4n) is 2.79. The standard InChI is InChI=1S/C20H22N2O3S3/c1-4-28(24,25)16-8-6-15(7-9-16)19(23)21-20-22(11-12-26-3)17-10-5-14(2)13-18(17)27-20/h5-10,13H,4,11-12H2,1-3H3. The number of hydrogen-bond donors (Lipinski definition) is 0. The smallest absolute Gasteiger partial charge is 0.279 e. The molecule has 148 valence electrons. The molecule has 0 spiro atoms. The van der Waals surface area contributed by atoms with Crippen LogP contribution in [0.4, 0.5) is 0 Å². The van der Waals surface area contributed by atoms with E-state index in [4.69, 9.17) is 0 Å². The zero-order chi connectivity index (χ0) is 20.3. The maximum atomic E-state index is 12.7. The summed E-state index contributed by atoms with van der Waals surface area (Å²) in [7, 11) is -3.28. The molecule has 0 bridgehead atoms. The maximum absolute atomic E-state index is 12.7. The number of fused-ring (bicyclic) bond motifs is 1. The number of carbonyl (C=O) groups excluding carboxylic acids is 1. The van der Waals surface area contributed by atoms with Crippen LogP contribution in [0.5, 0.6) is 0 Å². The van der Waals surface area contributed by atoms with Gasteiger partial charge in [-0.05, 0) is 55.1 Å². The Labute approximate surface area is 173 Å². The minimum Gasteiger partial charge on any atom is -0.316 e. The number of thiazole rings is 1. The van der Waals surface area contributed by atoms with Crippen LogP contribution in [0.3, 0.4) is 0 Å². The molecule has 0 N–H and O–H groups in total. The van der Waals surface area contributed by atoms with Gasteiger partial charge < -0.3 is 4.57 Å². The molecular formula is C20H22N2O3S3. The van der Waals surface area contributed by atoms with Crippen molar-refractivity contribution in [3.05, 3.63) is 58.4 Å². The number of aryl methyl sites for hydroxylation is 2. The molecule has 3 aromatic rings. The van der Waals surface area contributed by atoms with Crippen molar-refractivity contribution in [1.29, 1.82) is 0 Å². The summed E-state index contributed by atoms with van der Waals surface area (Å²) in [5, 5.41) is 0. The predicted octanol–water partition coefficient (Wildman–Crippen LogP) is 3.91. The summed E-state index contributed by atoms with van der Waals surface area (Å²) in [5.74, 6) is 0.577. The molecule has 0 aliphatic rings. The highest BCUT2D eigenvalue weighted by Crippen LogP contribution is 2.20. The third-order valence-corrected chi connectivity index (χ3v) is 7.78. The molecule has 0 radical (unpaired) electrons. The Hall–Kier alpha value is -1.90. The van der Waals surface area contributed by atoms with E-state index in [1.54, 1.807) is 18.7 Å². The lowest BCUT2D eigenvalue weighted by Gasteiger charge is -2.04. The molecule has 0 saturated heterocycles. The number of carbonyl (C=O) groups is 1. The maximum Gasteiger partial charge on any atom is 0.279 e. The predicted molar refractivity (Wildman–Crippen MR) is 117 cm³/mol. The summed E-state index contributed by atoms with van der Waals surface area (Å²) < 4.78 is 27.0. The Morgan fingerprint density at radius 2 is 1.89 bits per heavy atom. The number of nitrogens with zero attached hydrogens (tertiary/aromatic N) is 2. The molecular weight excluding hydrogens is 412 g/mol. The zero-order valence-corrected chi connectivity index (χ0v) is 18.5. The average molecular weight is 435 g/mol. The van der Waals surface area contributed by atoms with Crippen molar-refractivity contribution in [2.24, 2.45) is 4.99 Å². The molecule has 8 heteroatoms. The van der Waals surface area contributed by atoms with Crippen molar-refractivity contribution in [2.45, 2.75) is 25.3 Å². The van der Waals surface area contributed by atoms with Gasteiger partial charge in [-0.25, -0.2) is 8.42 Å². The lowest BCUT2D eigenvalue weighted by Crippen LogP contribution is -2.18. The van der Waals surface area contributed by atoms with E-state index >= 15 is 0 Å². The van der Waals surface area contributed by atoms with Crippen LogP contribution in [0, 0.1) is 6.92 Å². The van der Waals surface area contributed by atoms with E-state index in [9.17, 15) is 13.2 Å². The lowest BCUT2D eigenvalue weighted by atomic mass is 10.2. The van der Waals surface area contributed by atoms with E-state index in [-0.39, 0.29) is 16.6 Å². The third kappa shape index (κ3) is 4.39. The molecule has 0 atom stereocenters. The van der Waals surface area contributed by atoms with Gasteiger partial charge in [0, 0.05) is 17.9 Å². The molecule has 0 aliphatic heterocycles. The Morgan fingerprint density at radius 3 is 2.54 bits per heavy atom. The molecule has 2 aromatic carbocycles. The Balaban J connectivity index is 2.02. The van der Waals surface area contributed by atoms with Gasteiger partial charge >= 0.3 is 0 Å². The van der Waals surface area contributed by atoms with Crippen LogP contribution >= 0.6 is 23.1 Å². The molecule has 1 amide bonds. The Kier molecular flexibility index (Phi) is 6.42. The van der Waals surface area contributed by atoms with Crippen LogP contribution in [0.2, 0.25) is 0 Å². The molecule has 0 saturated carbocycles. The minimum absolute atomic E-state index is 0.0291. The molecule has 1 aromatic heterocycles. The first-order chi connectivity index (χ1) is 13.4. The first-order valence-corrected chi connectivity index (χ1v) is 12.7. The van der Waals surface area contributed by atoms with Gasteiger partial charge in [-0.3, -0.25) is 4.79 Å². The van der Waals surface area contributed by atoms with Gasteiger partial charge in [-0.15, -0.1) is 0 Å². The minimum atomic E-state index is -3.28. The van der Waals surface area contributed by atoms with Crippen LogP contribution < -0.4 is 4.80 Å². The number of aromatic nitrogens is 1. The molecule has 28 heavy (non-hydrogen) atoms. The van der Waals surface area contributed by atoms with Gasteiger partial charge in [0.2, 0.25) is 0 Å². The monoisotopic (exact) mass is 434 g/mol. The van der Waals surface area contributed by atoms with E-state index in [1.165, 1.54) is 35.6 Å². The number of rotatable bonds is 6. The first-order valence-electron chi connectivity index (χ1n) is 8.86. The molecule has 3 rings (SSSR count). The van der Waals surface area contributed by atoms with Gasteiger partial charge in [0.15, 0.2) is 14.6 Å². The molecule has 0 unspecified atom stereocenters. The number of thioether (sulfide) groups is 1. The van der Waals surface area contributed by atoms with Crippen molar-refractivity contribution >= 4 is 49.1 Å². The van der Waals surface area contributed by atoms with Gasteiger partial charge in [-0.2, -0.15) is 16.8 Å². The number of hydrogen-bond acceptors (Lipinski definition) is 5. The second kappa shape index (κ2) is 8.63. The third-order valence-electron chi connectivity index (χ3n) is 4.39. The van der Waals surface area contributed by atoms with E-state index < -0.39 is 9.84 Å². The topological polar surface area (TPSA) is 68.5 Å². The van der Waals surface area contributed by atoms with Gasteiger partial charge in [0.25, 0.3) is 5.91 Å². The second-order valence-corrected chi connectivity index (χ2v) is 10.6. The van der Waals surface area contributed by atoms with Crippen molar-refractivity contribution in [2.75, 3.05) is 17.8 Å². The summed E-state index contributed by atoms with van der Waals surface area (Å²) in [5.41, 5.74) is 2.61. The van der Waals surface area contributed by atoms with Gasteiger partial charge in [0.1, 0.15) is 0 Å². The van der Waals surface area contributed by atoms with Crippen LogP contribution in [0.1, 0.15) is 22.8 Å². The highest BCUT2D eigenvalue weighted by molar-refractivity contribution is 7.98. The lowest BCUT2D eigenvalue weighted by molar-refractivity contribution is 0.0997. The van der Waals surface area contributed by atoms with E-state index in [1.807, 2.05) is 13.2 Å². The molecule has 0 fully saturated rings. The van der Waals surface area contributed by atoms with Crippen LogP contribution in [0.25, 0.3) is 10.2 Å². The summed E-state index contributed by atoms with van der Waals surface area (Å²) in [6.07, 6.45) is 2.05. The summed E-state index contributed by atoms with van der Waals surface area (Å²) in [6, 6.07) is 12.2. The van der Waals surface area contributed by atoms with Crippen molar-refractivity contribution < 1.29 is 13.2 Å². The number of sulfone groups is 1. The first kappa shape index (κ1) is 20.8. The molecule has 1 heterocycles. The number of amides is 1. The SMILES string of the molecule is CCS(=O)(=O)c1ccc(C(=O)N=c2sc3cc(C)ccc3n2CCSC)cc1. The normalized spacial score (nSPS) is 12.6. The highest BCUT2D eigenvalue weighted by Gasteiger charge is 2.13. The van der Waals surface area contributed by atoms with E-state index in [0.717, 1.165) is 28.1 Å². The fraction of sp³-hybridized carbons (Fsp3) is 0.300. The van der Waals surface area contributed by atoms with Crippen LogP contribution in [0.15, 0.2) is 52.4 Å². The Bertz CT molecular complexity index is 1170. The fourth-order valence-corrected chi connectivity index (χ4v) is 5.19. The zero-order valence-electron chi connectivity index (χ0n) is 16.0. The summed E-state index contributed by atoms with van der Waals surface area (Å²) in [6.45, 7) is 4.41. The quantitative estimate of drug-likeness (QED) is 0.590. The van der Waals surface area contributed by atoms with Crippen molar-refractivity contribution in [3.63, 3.8) is 0 Å². The van der Waals surface area contributed by atoms with Crippen LogP contribution in [-0.2, 0) is 16.4 Å². The van der Waals surface area contributed by atoms with Crippen molar-refractivity contribution in [1.82, 2.24) is 4.57 Å². The highest BCUT2D eigenvalue weighted by atomic mass is 32.2. The van der Waals surface area contributed by atoms with Crippen LogP contribution in [-0.4, -0.2) is 36.7 Å². The summed E-state index contributed by atoms with van der Waals surface area (Å²) in [4.78, 5) is 17.9. The van der Waals surface area contributed by atoms with E-state index in [2.05, 4.69) is 27.8 Å². The van der Waals surface area contributed by atoms with Gasteiger partial charge in [0.05, 0.1) is 20.9 Å². The largest absolute Gasteiger partial charge is 0.316 e. The average Bonchev–Trinajstić information content (AvgIpc) is 3.02. The van der Waals surface area contributed by atoms with Gasteiger partial charge in [-0.1, -0.05) is 24.3 Å². The Morgan fingerprint density at radius 1 is 1.18 bits per heavy atom. The molecule has 5 nitrogen and oxygen atoms in total. The van der Waals surface area contributed by atoms with E-state index in [0.29, 0.717) is 10.4 Å². The number of benzene rings is 2. The summed E-state index contributed by atoms with van der Waals surface area (Å²) >= 11 is 3.23. The molecule has 0 aliphatic carbocycles. The van der Waals surface area contributed by atoms with Crippen molar-refractivity contribution in [3.8, 4) is 0 Å².